The zero-order chi connectivity index (χ0) is 89.3. The van der Waals surface area contributed by atoms with Crippen LogP contribution in [0.1, 0.15) is 88.7 Å². The molecule has 16 aromatic rings. The lowest BCUT2D eigenvalue weighted by molar-refractivity contribution is -0.384. The predicted molar refractivity (Wildman–Crippen MR) is 506 cm³/mol. The Bertz CT molecular complexity index is 7080. The van der Waals surface area contributed by atoms with Crippen LogP contribution in [0.3, 0.4) is 0 Å². The van der Waals surface area contributed by atoms with Gasteiger partial charge in [-0.1, -0.05) is 94.4 Å². The Hall–Kier alpha value is -11.7. The van der Waals surface area contributed by atoms with E-state index in [1.54, 1.807) is 108 Å². The van der Waals surface area contributed by atoms with Crippen molar-refractivity contribution < 1.29 is 30.9 Å². The lowest BCUT2D eigenvalue weighted by Crippen LogP contribution is -2.16. The minimum atomic E-state index is -3.75. The fraction of sp³-hybridized carbons (Fsp3) is 0.110. The zero-order valence-corrected chi connectivity index (χ0v) is 75.9. The summed E-state index contributed by atoms with van der Waals surface area (Å²) < 4.78 is 81.9. The number of aromatic nitrogens is 12. The summed E-state index contributed by atoms with van der Waals surface area (Å²) in [4.78, 5) is 68.3. The number of nitrogens with zero attached hydrogens (tertiary/aromatic N) is 12. The van der Waals surface area contributed by atoms with E-state index in [4.69, 9.17) is 63.0 Å². The molecule has 0 saturated heterocycles. The molecule has 11 heterocycles. The van der Waals surface area contributed by atoms with E-state index in [9.17, 15) is 36.1 Å². The van der Waals surface area contributed by atoms with Gasteiger partial charge in [0, 0.05) is 192 Å². The quantitative estimate of drug-likeness (QED) is 0.0376. The number of H-pyrrole nitrogens is 1. The normalized spacial score (nSPS) is 15.5. The van der Waals surface area contributed by atoms with Gasteiger partial charge in [-0.25, -0.2) is 85.5 Å². The summed E-state index contributed by atoms with van der Waals surface area (Å²) in [5.74, 6) is -0.724. The summed E-state index contributed by atoms with van der Waals surface area (Å²) in [5, 5.41) is 26.8. The van der Waals surface area contributed by atoms with E-state index in [1.807, 2.05) is 122 Å². The first-order valence-electron chi connectivity index (χ1n) is 39.1. The van der Waals surface area contributed by atoms with Crippen molar-refractivity contribution in [2.45, 2.75) is 90.2 Å². The number of aromatic amines is 1. The van der Waals surface area contributed by atoms with Crippen LogP contribution in [-0.2, 0) is 10.0 Å². The number of fused-ring (bicyclic) bond motifs is 16. The Morgan fingerprint density at radius 2 is 0.719 bits per heavy atom. The van der Waals surface area contributed by atoms with Crippen molar-refractivity contribution in [1.29, 1.82) is 0 Å². The molecule has 6 N–H and O–H groups in total. The molecular formula is C91H65Cl5F4N18O4S6. The minimum absolute atomic E-state index is 0.0383. The lowest BCUT2D eigenvalue weighted by Gasteiger charge is -2.24. The van der Waals surface area contributed by atoms with Crippen molar-refractivity contribution in [2.24, 2.45) is 0 Å². The molecule has 642 valence electrons. The van der Waals surface area contributed by atoms with E-state index in [0.29, 0.717) is 59.6 Å². The van der Waals surface area contributed by atoms with E-state index >= 15 is 0 Å². The minimum Gasteiger partial charge on any atom is -0.324 e. The number of nitro groups is 1. The molecular weight excluding hydrogens is 1850 g/mol. The third kappa shape index (κ3) is 19.8. The number of thioether (sulfide) groups is 5. The maximum absolute atomic E-state index is 13.9. The van der Waals surface area contributed by atoms with Gasteiger partial charge in [-0.05, 0) is 186 Å². The van der Waals surface area contributed by atoms with Crippen molar-refractivity contribution in [3.8, 4) is 56.3 Å². The summed E-state index contributed by atoms with van der Waals surface area (Å²) in [6.45, 7) is 10.5. The Morgan fingerprint density at radius 3 is 1.10 bits per heavy atom. The molecule has 128 heavy (non-hydrogen) atoms. The number of anilines is 9. The Labute approximate surface area is 776 Å². The molecule has 5 unspecified atom stereocenters. The van der Waals surface area contributed by atoms with Gasteiger partial charge >= 0.3 is 0 Å². The van der Waals surface area contributed by atoms with Gasteiger partial charge in [-0.3, -0.25) is 15.4 Å². The van der Waals surface area contributed by atoms with Crippen LogP contribution in [0.25, 0.3) is 67.3 Å². The van der Waals surface area contributed by atoms with E-state index < -0.39 is 38.2 Å². The van der Waals surface area contributed by atoms with Crippen LogP contribution < -0.4 is 26.0 Å². The standard InChI is InChI=1S/C19H14ClN5S.2C18H12ClF2N3S.C18H13ClN4O2S.C18H14ClN3O2S2/c1-10-13-9-21-18(25-19-22-14-4-2-3-5-15(14)23-19)24-17(13)12-8-11(20)6-7-16(12)26-10;1-9-15-8-22-18(23-13-6-11(20)5-12(21)7-13)24-17(15)14-4-10(19)2-3-16(14)25-9;1-9-12-8-22-18(24-17-13(20)3-2-4-14(17)21)23-16(12)11-7-10(19)5-6-15(11)25-9;1-10-15-9-20-18(21-12-3-5-13(6-4-12)23(24)25)22-17(15)14-8-11(19)2-7-16(14)26-10;1-11-15-10-20-18(22-26(23,24)13-5-3-2-4-6-13)21-17(15)14-9-12(19)7-8-16(14)25-11/h2-10H,1H3,(H2,21,22,23,24,25);2*2-9H,1H3,(H,22,23,24);2-10H,1H3,(H,20,21,22);2-11H,1H3,(H,20,21,22). The van der Waals surface area contributed by atoms with E-state index in [1.165, 1.54) is 59.5 Å². The maximum atomic E-state index is 13.9. The molecule has 0 amide bonds. The number of hydrogen-bond donors (Lipinski definition) is 6. The van der Waals surface area contributed by atoms with Gasteiger partial charge in [0.15, 0.2) is 0 Å². The van der Waals surface area contributed by atoms with Crippen LogP contribution in [0.4, 0.5) is 76.0 Å². The van der Waals surface area contributed by atoms with Gasteiger partial charge in [0.25, 0.3) is 15.7 Å². The Balaban J connectivity index is 0.000000113. The van der Waals surface area contributed by atoms with Gasteiger partial charge < -0.3 is 20.9 Å². The number of benzene rings is 10. The van der Waals surface area contributed by atoms with Crippen molar-refractivity contribution in [2.75, 3.05) is 26.0 Å². The zero-order valence-electron chi connectivity index (χ0n) is 67.3. The molecule has 37 heteroatoms. The highest BCUT2D eigenvalue weighted by Gasteiger charge is 2.32. The third-order valence-corrected chi connectivity index (χ3v) is 28.9. The first kappa shape index (κ1) is 88.4. The maximum Gasteiger partial charge on any atom is 0.269 e. The second-order valence-corrected chi connectivity index (χ2v) is 39.8. The number of nitro benzene ring substituents is 1. The molecule has 6 aromatic heterocycles. The van der Waals surface area contributed by atoms with Crippen LogP contribution in [-0.4, -0.2) is 73.1 Å². The number of hydrogen-bond acceptors (Lipinski definition) is 24. The molecule has 5 aliphatic heterocycles. The number of rotatable bonds is 12. The monoisotopic (exact) mass is 1920 g/mol. The van der Waals surface area contributed by atoms with Crippen molar-refractivity contribution >= 4 is 196 Å². The number of imidazole rings is 1. The molecule has 0 aliphatic carbocycles. The molecule has 0 spiro atoms. The first-order valence-corrected chi connectivity index (χ1v) is 46.8. The molecule has 0 fully saturated rings. The largest absolute Gasteiger partial charge is 0.324 e. The summed E-state index contributed by atoms with van der Waals surface area (Å²) in [6, 6.07) is 57.7. The average Bonchev–Trinajstić information content (AvgIpc) is 0.843. The van der Waals surface area contributed by atoms with Crippen molar-refractivity contribution in [3.63, 3.8) is 0 Å². The predicted octanol–water partition coefficient (Wildman–Crippen LogP) is 27.9. The molecule has 5 aliphatic rings. The molecule has 0 saturated carbocycles. The fourth-order valence-corrected chi connectivity index (χ4v) is 21.6. The number of nitrogens with one attached hydrogen (secondary N) is 6. The van der Waals surface area contributed by atoms with Crippen LogP contribution in [0.15, 0.2) is 267 Å². The number of sulfonamides is 1. The highest BCUT2D eigenvalue weighted by atomic mass is 35.5. The molecule has 0 radical (unpaired) electrons. The molecule has 21 rings (SSSR count). The van der Waals surface area contributed by atoms with Crippen LogP contribution in [0.2, 0.25) is 25.1 Å². The Morgan fingerprint density at radius 1 is 0.375 bits per heavy atom. The Kier molecular flexibility index (Phi) is 26.2. The van der Waals surface area contributed by atoms with E-state index in [2.05, 4.69) is 121 Å². The van der Waals surface area contributed by atoms with Crippen LogP contribution in [0.5, 0.6) is 0 Å². The second kappa shape index (κ2) is 37.9. The van der Waals surface area contributed by atoms with Crippen LogP contribution >= 0.6 is 117 Å². The fourth-order valence-electron chi connectivity index (χ4n) is 14.2. The summed E-state index contributed by atoms with van der Waals surface area (Å²) in [5.41, 5.74) is 16.4. The summed E-state index contributed by atoms with van der Waals surface area (Å²) in [7, 11) is -3.75. The highest BCUT2D eigenvalue weighted by molar-refractivity contribution is 8.00. The van der Waals surface area contributed by atoms with Crippen molar-refractivity contribution in [3.05, 3.63) is 324 Å². The topological polar surface area (TPSA) is 295 Å². The molecule has 10 aromatic carbocycles. The highest BCUT2D eigenvalue weighted by Crippen LogP contribution is 2.54. The first-order chi connectivity index (χ1) is 61.6. The second-order valence-electron chi connectivity index (χ2n) is 29.1. The van der Waals surface area contributed by atoms with Gasteiger partial charge in [0.2, 0.25) is 35.7 Å². The van der Waals surface area contributed by atoms with Gasteiger partial charge in [-0.2, -0.15) is 0 Å². The van der Waals surface area contributed by atoms with Gasteiger partial charge in [0.1, 0.15) is 29.0 Å². The average molecular weight is 1920 g/mol. The molecule has 5 atom stereocenters. The number of halogens is 9. The van der Waals surface area contributed by atoms with Gasteiger partial charge in [-0.15, -0.1) is 58.8 Å². The van der Waals surface area contributed by atoms with E-state index in [-0.39, 0.29) is 60.8 Å². The molecule has 0 bridgehead atoms. The number of non-ortho nitro benzene ring substituents is 1. The summed E-state index contributed by atoms with van der Waals surface area (Å²) in [6.07, 6.45) is 8.80. The lowest BCUT2D eigenvalue weighted by atomic mass is 10.0. The van der Waals surface area contributed by atoms with Gasteiger partial charge in [0.05, 0.1) is 49.3 Å². The van der Waals surface area contributed by atoms with Crippen LogP contribution in [0, 0.1) is 33.4 Å². The van der Waals surface area contributed by atoms with E-state index in [0.717, 1.165) is 115 Å². The summed E-state index contributed by atoms with van der Waals surface area (Å²) >= 11 is 39.4. The SMILES string of the molecule is CC1Sc2ccc(Cl)cc2-c2nc(NS(=O)(=O)c3ccccc3)ncc21.CC1Sc2ccc(Cl)cc2-c2nc(Nc3c(F)cccc3F)ncc21.CC1Sc2ccc(Cl)cc2-c2nc(Nc3cc(F)cc(F)c3)ncc21.CC1Sc2ccc(Cl)cc2-c2nc(Nc3ccc([N+](=O)[O-])cc3)ncc21.CC1Sc2ccc(Cl)cc2-c2nc(Nc3nc4ccccc4[nH]3)ncc21. The van der Waals surface area contributed by atoms with Crippen molar-refractivity contribution in [1.82, 2.24) is 59.8 Å². The molecule has 22 nitrogen and oxygen atoms in total. The number of para-hydroxylation sites is 3. The smallest absolute Gasteiger partial charge is 0.269 e. The third-order valence-electron chi connectivity index (χ3n) is 20.3.